The van der Waals surface area contributed by atoms with Gasteiger partial charge < -0.3 is 14.6 Å². The second kappa shape index (κ2) is 7.13. The van der Waals surface area contributed by atoms with Gasteiger partial charge in [-0.1, -0.05) is 6.92 Å². The van der Waals surface area contributed by atoms with E-state index in [1.807, 2.05) is 24.3 Å². The fourth-order valence-corrected chi connectivity index (χ4v) is 2.13. The third-order valence-corrected chi connectivity index (χ3v) is 3.32. The second-order valence-electron chi connectivity index (χ2n) is 4.37. The van der Waals surface area contributed by atoms with Crippen LogP contribution in [0.1, 0.15) is 23.7 Å². The summed E-state index contributed by atoms with van der Waals surface area (Å²) in [4.78, 5) is 10.9. The molecule has 0 aliphatic heterocycles. The quantitative estimate of drug-likeness (QED) is 0.818. The lowest BCUT2D eigenvalue weighted by atomic mass is 10.2. The zero-order valence-corrected chi connectivity index (χ0v) is 13.1. The number of ether oxygens (including phenoxy) is 2. The van der Waals surface area contributed by atoms with Crippen LogP contribution in [0.15, 0.2) is 46.9 Å². The van der Waals surface area contributed by atoms with Crippen LogP contribution in [0.3, 0.4) is 0 Å². The molecule has 0 spiro atoms. The van der Waals surface area contributed by atoms with Crippen molar-refractivity contribution in [1.82, 2.24) is 0 Å². The Hall–Kier alpha value is -2.01. The number of hydrogen-bond donors (Lipinski definition) is 1. The summed E-state index contributed by atoms with van der Waals surface area (Å²) in [5.41, 5.74) is 0.206. The van der Waals surface area contributed by atoms with Gasteiger partial charge in [0.2, 0.25) is 0 Å². The average molecular weight is 351 g/mol. The van der Waals surface area contributed by atoms with Crippen molar-refractivity contribution in [2.24, 2.45) is 0 Å². The molecule has 110 valence electrons. The molecule has 0 amide bonds. The Bertz CT molecular complexity index is 623. The Morgan fingerprint density at radius 2 is 1.81 bits per heavy atom. The van der Waals surface area contributed by atoms with Crippen LogP contribution in [0.4, 0.5) is 0 Å². The Morgan fingerprint density at radius 3 is 2.38 bits per heavy atom. The Balaban J connectivity index is 2.09. The number of halogens is 1. The summed E-state index contributed by atoms with van der Waals surface area (Å²) in [5.74, 6) is 1.04. The zero-order chi connectivity index (χ0) is 15.2. The summed E-state index contributed by atoms with van der Waals surface area (Å²) < 4.78 is 11.8. The van der Waals surface area contributed by atoms with E-state index < -0.39 is 5.97 Å². The standard InChI is InChI=1S/C16H15BrO4/c1-2-9-20-12-4-6-13(7-5-12)21-15-8-3-11(16(18)19)10-14(15)17/h3-8,10H,2,9H2,1H3,(H,18,19). The first-order valence-corrected chi connectivity index (χ1v) is 7.33. The third-order valence-electron chi connectivity index (χ3n) is 2.70. The van der Waals surface area contributed by atoms with E-state index in [1.165, 1.54) is 12.1 Å². The predicted octanol–water partition coefficient (Wildman–Crippen LogP) is 4.73. The summed E-state index contributed by atoms with van der Waals surface area (Å²) >= 11 is 3.31. The monoisotopic (exact) mass is 350 g/mol. The number of carbonyl (C=O) groups is 1. The van der Waals surface area contributed by atoms with E-state index >= 15 is 0 Å². The molecular weight excluding hydrogens is 336 g/mol. The molecular formula is C16H15BrO4. The van der Waals surface area contributed by atoms with Crippen molar-refractivity contribution < 1.29 is 19.4 Å². The molecule has 2 rings (SSSR count). The molecule has 0 aromatic heterocycles. The van der Waals surface area contributed by atoms with Gasteiger partial charge in [-0.3, -0.25) is 0 Å². The first-order chi connectivity index (χ1) is 10.1. The lowest BCUT2D eigenvalue weighted by Gasteiger charge is -2.09. The van der Waals surface area contributed by atoms with Crippen LogP contribution in [0.25, 0.3) is 0 Å². The SMILES string of the molecule is CCCOc1ccc(Oc2ccc(C(=O)O)cc2Br)cc1. The molecule has 0 fully saturated rings. The molecule has 0 saturated carbocycles. The van der Waals surface area contributed by atoms with Gasteiger partial charge in [0.25, 0.3) is 0 Å². The third kappa shape index (κ3) is 4.23. The fraction of sp³-hybridized carbons (Fsp3) is 0.188. The van der Waals surface area contributed by atoms with E-state index in [2.05, 4.69) is 22.9 Å². The van der Waals surface area contributed by atoms with E-state index in [0.717, 1.165) is 12.2 Å². The van der Waals surface area contributed by atoms with Crippen molar-refractivity contribution in [3.8, 4) is 17.2 Å². The van der Waals surface area contributed by atoms with Crippen molar-refractivity contribution in [1.29, 1.82) is 0 Å². The fourth-order valence-electron chi connectivity index (χ4n) is 1.67. The van der Waals surface area contributed by atoms with Gasteiger partial charge in [0.15, 0.2) is 0 Å². The molecule has 4 nitrogen and oxygen atoms in total. The highest BCUT2D eigenvalue weighted by Crippen LogP contribution is 2.31. The van der Waals surface area contributed by atoms with Crippen molar-refractivity contribution >= 4 is 21.9 Å². The Morgan fingerprint density at radius 1 is 1.14 bits per heavy atom. The second-order valence-corrected chi connectivity index (χ2v) is 5.23. The highest BCUT2D eigenvalue weighted by molar-refractivity contribution is 9.10. The highest BCUT2D eigenvalue weighted by Gasteiger charge is 2.08. The van der Waals surface area contributed by atoms with Crippen molar-refractivity contribution in [2.45, 2.75) is 13.3 Å². The molecule has 2 aromatic carbocycles. The lowest BCUT2D eigenvalue weighted by Crippen LogP contribution is -1.96. The van der Waals surface area contributed by atoms with Crippen LogP contribution in [0, 0.1) is 0 Å². The van der Waals surface area contributed by atoms with Crippen molar-refractivity contribution in [3.63, 3.8) is 0 Å². The van der Waals surface area contributed by atoms with Crippen molar-refractivity contribution in [3.05, 3.63) is 52.5 Å². The first kappa shape index (κ1) is 15.4. The van der Waals surface area contributed by atoms with Crippen LogP contribution in [0.2, 0.25) is 0 Å². The van der Waals surface area contributed by atoms with Gasteiger partial charge >= 0.3 is 5.97 Å². The molecule has 0 atom stereocenters. The number of hydrogen-bond acceptors (Lipinski definition) is 3. The Kier molecular flexibility index (Phi) is 5.22. The van der Waals surface area contributed by atoms with E-state index in [-0.39, 0.29) is 5.56 Å². The van der Waals surface area contributed by atoms with E-state index in [0.29, 0.717) is 22.6 Å². The molecule has 0 heterocycles. The van der Waals surface area contributed by atoms with Gasteiger partial charge in [-0.05, 0) is 64.8 Å². The number of benzene rings is 2. The number of rotatable bonds is 6. The van der Waals surface area contributed by atoms with Crippen LogP contribution in [-0.2, 0) is 0 Å². The molecule has 0 saturated heterocycles. The van der Waals surface area contributed by atoms with Gasteiger partial charge in [-0.25, -0.2) is 4.79 Å². The van der Waals surface area contributed by atoms with Crippen molar-refractivity contribution in [2.75, 3.05) is 6.61 Å². The largest absolute Gasteiger partial charge is 0.494 e. The van der Waals surface area contributed by atoms with Crippen LogP contribution in [0.5, 0.6) is 17.2 Å². The number of carboxylic acids is 1. The summed E-state index contributed by atoms with van der Waals surface area (Å²) in [6.07, 6.45) is 0.959. The molecule has 0 aliphatic rings. The summed E-state index contributed by atoms with van der Waals surface area (Å²) in [6.45, 7) is 2.73. The molecule has 0 bridgehead atoms. The summed E-state index contributed by atoms with van der Waals surface area (Å²) in [7, 11) is 0. The van der Waals surface area contributed by atoms with Gasteiger partial charge in [0.1, 0.15) is 17.2 Å². The van der Waals surface area contributed by atoms with Gasteiger partial charge in [-0.15, -0.1) is 0 Å². The van der Waals surface area contributed by atoms with Gasteiger partial charge in [-0.2, -0.15) is 0 Å². The van der Waals surface area contributed by atoms with E-state index in [9.17, 15) is 4.79 Å². The normalized spacial score (nSPS) is 10.2. The minimum atomic E-state index is -0.973. The minimum Gasteiger partial charge on any atom is -0.494 e. The van der Waals surface area contributed by atoms with Gasteiger partial charge in [0.05, 0.1) is 16.6 Å². The lowest BCUT2D eigenvalue weighted by molar-refractivity contribution is 0.0697. The molecule has 0 aliphatic carbocycles. The Labute approximate surface area is 131 Å². The number of carboxylic acid groups (broad SMARTS) is 1. The van der Waals surface area contributed by atoms with E-state index in [4.69, 9.17) is 14.6 Å². The molecule has 5 heteroatoms. The van der Waals surface area contributed by atoms with Crippen LogP contribution < -0.4 is 9.47 Å². The summed E-state index contributed by atoms with van der Waals surface area (Å²) in [6, 6.07) is 11.9. The van der Waals surface area contributed by atoms with Crippen LogP contribution in [-0.4, -0.2) is 17.7 Å². The zero-order valence-electron chi connectivity index (χ0n) is 11.5. The van der Waals surface area contributed by atoms with Crippen LogP contribution >= 0.6 is 15.9 Å². The maximum atomic E-state index is 10.9. The topological polar surface area (TPSA) is 55.8 Å². The highest BCUT2D eigenvalue weighted by atomic mass is 79.9. The first-order valence-electron chi connectivity index (χ1n) is 6.53. The summed E-state index contributed by atoms with van der Waals surface area (Å²) in [5, 5.41) is 8.92. The van der Waals surface area contributed by atoms with E-state index in [1.54, 1.807) is 6.07 Å². The van der Waals surface area contributed by atoms with Gasteiger partial charge in [0, 0.05) is 0 Å². The molecule has 0 unspecified atom stereocenters. The predicted molar refractivity (Wildman–Crippen MR) is 83.4 cm³/mol. The smallest absolute Gasteiger partial charge is 0.335 e. The molecule has 1 N–H and O–H groups in total. The minimum absolute atomic E-state index is 0.206. The average Bonchev–Trinajstić information content (AvgIpc) is 2.48. The number of aromatic carboxylic acids is 1. The molecule has 0 radical (unpaired) electrons. The maximum absolute atomic E-state index is 10.9. The molecule has 2 aromatic rings. The molecule has 21 heavy (non-hydrogen) atoms. The maximum Gasteiger partial charge on any atom is 0.335 e.